The van der Waals surface area contributed by atoms with Gasteiger partial charge in [-0.05, 0) is 79.6 Å². The molecule has 3 fully saturated rings. The minimum Gasteiger partial charge on any atom is -0.490 e. The fraction of sp³-hybridized carbons (Fsp3) is 0.344. The van der Waals surface area contributed by atoms with Gasteiger partial charge in [-0.25, -0.2) is 0 Å². The Balaban J connectivity index is 1.08. The first kappa shape index (κ1) is 23.9. The van der Waals surface area contributed by atoms with Crippen molar-refractivity contribution in [3.8, 4) is 17.0 Å². The van der Waals surface area contributed by atoms with Crippen molar-refractivity contribution in [2.45, 2.75) is 62.8 Å². The Labute approximate surface area is 227 Å². The van der Waals surface area contributed by atoms with Gasteiger partial charge in [0.15, 0.2) is 0 Å². The van der Waals surface area contributed by atoms with Crippen LogP contribution in [0.2, 0.25) is 0 Å². The average Bonchev–Trinajstić information content (AvgIpc) is 3.67. The summed E-state index contributed by atoms with van der Waals surface area (Å²) >= 11 is 0. The van der Waals surface area contributed by atoms with Gasteiger partial charge in [0, 0.05) is 41.4 Å². The Hall–Kier alpha value is -4.13. The van der Waals surface area contributed by atoms with Crippen molar-refractivity contribution in [1.29, 1.82) is 0 Å². The molecule has 1 aromatic heterocycles. The number of aromatic amines is 1. The number of aromatic nitrogens is 2. The number of rotatable bonds is 8. The van der Waals surface area contributed by atoms with Gasteiger partial charge in [-0.2, -0.15) is 5.10 Å². The van der Waals surface area contributed by atoms with Crippen LogP contribution in [0, 0.1) is 5.92 Å². The van der Waals surface area contributed by atoms with Crippen molar-refractivity contribution < 1.29 is 14.3 Å². The van der Waals surface area contributed by atoms with Crippen LogP contribution in [0.5, 0.6) is 5.75 Å². The average molecular weight is 521 g/mol. The van der Waals surface area contributed by atoms with Crippen LogP contribution in [-0.2, 0) is 4.79 Å². The van der Waals surface area contributed by atoms with Crippen LogP contribution < -0.4 is 10.1 Å². The summed E-state index contributed by atoms with van der Waals surface area (Å²) < 4.78 is 6.31. The highest BCUT2D eigenvalue weighted by atomic mass is 16.5. The third kappa shape index (κ3) is 4.67. The highest BCUT2D eigenvalue weighted by Crippen LogP contribution is 2.41. The summed E-state index contributed by atoms with van der Waals surface area (Å²) in [5, 5.41) is 11.9. The normalized spacial score (nSPS) is 23.0. The molecular formula is C32H32N4O3. The molecule has 0 unspecified atom stereocenters. The molecule has 0 spiro atoms. The van der Waals surface area contributed by atoms with Crippen molar-refractivity contribution in [3.05, 3.63) is 83.9 Å². The molecule has 4 aromatic rings. The van der Waals surface area contributed by atoms with E-state index in [1.165, 1.54) is 0 Å². The van der Waals surface area contributed by atoms with E-state index in [9.17, 15) is 9.59 Å². The molecule has 3 aliphatic rings. The number of hydrogen-bond acceptors (Lipinski definition) is 4. The van der Waals surface area contributed by atoms with Gasteiger partial charge in [-0.15, -0.1) is 0 Å². The van der Waals surface area contributed by atoms with Gasteiger partial charge in [-0.3, -0.25) is 14.7 Å². The van der Waals surface area contributed by atoms with E-state index in [0.29, 0.717) is 23.6 Å². The van der Waals surface area contributed by atoms with Crippen LogP contribution in [0.1, 0.15) is 60.5 Å². The van der Waals surface area contributed by atoms with Crippen molar-refractivity contribution in [3.63, 3.8) is 0 Å². The first-order valence-electron chi connectivity index (χ1n) is 14.0. The lowest BCUT2D eigenvalue weighted by molar-refractivity contribution is -0.123. The molecule has 2 bridgehead atoms. The van der Waals surface area contributed by atoms with E-state index in [-0.39, 0.29) is 18.1 Å². The topological polar surface area (TPSA) is 87.3 Å². The minimum absolute atomic E-state index is 0.0339. The molecule has 7 heteroatoms. The van der Waals surface area contributed by atoms with Crippen LogP contribution in [0.4, 0.5) is 0 Å². The van der Waals surface area contributed by atoms with Gasteiger partial charge in [0.25, 0.3) is 5.91 Å². The Morgan fingerprint density at radius 3 is 2.41 bits per heavy atom. The summed E-state index contributed by atoms with van der Waals surface area (Å²) in [5.74, 6) is 1.26. The van der Waals surface area contributed by atoms with E-state index in [1.807, 2.05) is 65.6 Å². The predicted molar refractivity (Wildman–Crippen MR) is 149 cm³/mol. The van der Waals surface area contributed by atoms with Crippen LogP contribution in [0.15, 0.2) is 72.8 Å². The first-order valence-corrected chi connectivity index (χ1v) is 14.0. The molecule has 1 saturated carbocycles. The molecule has 3 aromatic carbocycles. The van der Waals surface area contributed by atoms with Crippen molar-refractivity contribution in [2.24, 2.45) is 5.92 Å². The zero-order valence-corrected chi connectivity index (χ0v) is 21.8. The fourth-order valence-corrected chi connectivity index (χ4v) is 6.48. The number of carbonyl (C=O) groups excluding carboxylic acids is 2. The summed E-state index contributed by atoms with van der Waals surface area (Å²) in [5.41, 5.74) is 4.44. The lowest BCUT2D eigenvalue weighted by atomic mass is 10.0. The monoisotopic (exact) mass is 520 g/mol. The van der Waals surface area contributed by atoms with Gasteiger partial charge >= 0.3 is 0 Å². The maximum Gasteiger partial charge on any atom is 0.251 e. The quantitative estimate of drug-likeness (QED) is 0.294. The highest BCUT2D eigenvalue weighted by molar-refractivity contribution is 6.01. The van der Waals surface area contributed by atoms with E-state index in [1.54, 1.807) is 0 Å². The minimum atomic E-state index is -0.0665. The van der Waals surface area contributed by atoms with E-state index in [2.05, 4.69) is 27.6 Å². The molecule has 198 valence electrons. The fourth-order valence-electron chi connectivity index (χ4n) is 6.48. The number of hydrogen-bond donors (Lipinski definition) is 2. The Bertz CT molecular complexity index is 1480. The Morgan fingerprint density at radius 2 is 1.72 bits per heavy atom. The SMILES string of the molecule is O=CN1[C@@H]2CC[C@H]1C[C@H](Oc1ccc(-c3n[nH]c4ccc(C(=O)N[C@H](c5ccccc5)C5CC5)cc34)cc1)C2. The van der Waals surface area contributed by atoms with Crippen LogP contribution in [-0.4, -0.2) is 45.6 Å². The molecular weight excluding hydrogens is 488 g/mol. The molecule has 2 amide bonds. The highest BCUT2D eigenvalue weighted by Gasteiger charge is 2.41. The van der Waals surface area contributed by atoms with Crippen molar-refractivity contribution in [1.82, 2.24) is 20.4 Å². The second-order valence-corrected chi connectivity index (χ2v) is 11.2. The maximum atomic E-state index is 13.3. The maximum absolute atomic E-state index is 13.3. The summed E-state index contributed by atoms with van der Waals surface area (Å²) in [4.78, 5) is 26.7. The van der Waals surface area contributed by atoms with E-state index in [0.717, 1.165) is 78.4 Å². The zero-order valence-electron chi connectivity index (χ0n) is 21.8. The molecule has 4 atom stereocenters. The number of fused-ring (bicyclic) bond motifs is 3. The number of nitrogens with zero attached hydrogens (tertiary/aromatic N) is 2. The number of ether oxygens (including phenoxy) is 1. The van der Waals surface area contributed by atoms with Gasteiger partial charge in [0.2, 0.25) is 6.41 Å². The molecule has 2 saturated heterocycles. The van der Waals surface area contributed by atoms with E-state index >= 15 is 0 Å². The number of piperidine rings is 1. The third-order valence-electron chi connectivity index (χ3n) is 8.66. The first-order chi connectivity index (χ1) is 19.2. The van der Waals surface area contributed by atoms with E-state index < -0.39 is 0 Å². The molecule has 39 heavy (non-hydrogen) atoms. The number of amides is 2. The number of nitrogens with one attached hydrogen (secondary N) is 2. The number of benzene rings is 3. The molecule has 3 heterocycles. The largest absolute Gasteiger partial charge is 0.490 e. The van der Waals surface area contributed by atoms with Crippen molar-refractivity contribution in [2.75, 3.05) is 0 Å². The van der Waals surface area contributed by atoms with Crippen LogP contribution in [0.3, 0.4) is 0 Å². The Morgan fingerprint density at radius 1 is 0.974 bits per heavy atom. The lowest BCUT2D eigenvalue weighted by Gasteiger charge is -2.36. The summed E-state index contributed by atoms with van der Waals surface area (Å²) in [6, 6.07) is 24.6. The zero-order chi connectivity index (χ0) is 26.3. The van der Waals surface area contributed by atoms with Crippen molar-refractivity contribution >= 4 is 23.2 Å². The van der Waals surface area contributed by atoms with Gasteiger partial charge in [-0.1, -0.05) is 30.3 Å². The molecule has 2 N–H and O–H groups in total. The molecule has 2 aliphatic heterocycles. The Kier molecular flexibility index (Phi) is 6.06. The molecule has 0 radical (unpaired) electrons. The van der Waals surface area contributed by atoms with Gasteiger partial charge < -0.3 is 15.0 Å². The smallest absolute Gasteiger partial charge is 0.251 e. The summed E-state index contributed by atoms with van der Waals surface area (Å²) in [7, 11) is 0. The molecule has 7 nitrogen and oxygen atoms in total. The second-order valence-electron chi connectivity index (χ2n) is 11.2. The lowest BCUT2D eigenvalue weighted by Crippen LogP contribution is -2.45. The van der Waals surface area contributed by atoms with Gasteiger partial charge in [0.1, 0.15) is 11.9 Å². The standard InChI is InChI=1S/C32H32N4O3/c37-19-36-24-11-12-25(36)18-27(17-24)39-26-13-8-22(9-14-26)31-28-16-23(10-15-29(28)34-35-31)32(38)33-30(21-6-7-21)20-4-2-1-3-5-20/h1-5,8-10,13-16,19,21,24-25,27,30H,6-7,11-12,17-18H2,(H,33,38)(H,34,35)/t24-,25+,27-,30-/m1/s1. The van der Waals surface area contributed by atoms with Gasteiger partial charge in [0.05, 0.1) is 17.3 Å². The molecule has 7 rings (SSSR count). The number of carbonyl (C=O) groups is 2. The van der Waals surface area contributed by atoms with Crippen LogP contribution in [0.25, 0.3) is 22.2 Å². The molecule has 1 aliphatic carbocycles. The van der Waals surface area contributed by atoms with Crippen LogP contribution >= 0.6 is 0 Å². The predicted octanol–water partition coefficient (Wildman–Crippen LogP) is 5.64. The second kappa shape index (κ2) is 9.88. The number of H-pyrrole nitrogens is 1. The van der Waals surface area contributed by atoms with E-state index in [4.69, 9.17) is 4.74 Å². The summed E-state index contributed by atoms with van der Waals surface area (Å²) in [6.45, 7) is 0. The summed E-state index contributed by atoms with van der Waals surface area (Å²) in [6.07, 6.45) is 7.34. The third-order valence-corrected chi connectivity index (χ3v) is 8.66.